The van der Waals surface area contributed by atoms with Crippen molar-refractivity contribution in [3.05, 3.63) is 103 Å². The first-order valence-electron chi connectivity index (χ1n) is 8.99. The van der Waals surface area contributed by atoms with Gasteiger partial charge < -0.3 is 10.1 Å². The summed E-state index contributed by atoms with van der Waals surface area (Å²) in [5.74, 6) is 0.867. The van der Waals surface area contributed by atoms with Crippen molar-refractivity contribution in [2.45, 2.75) is 0 Å². The summed E-state index contributed by atoms with van der Waals surface area (Å²) in [6.07, 6.45) is 0. The lowest BCUT2D eigenvalue weighted by Gasteiger charge is -2.13. The summed E-state index contributed by atoms with van der Waals surface area (Å²) in [6, 6.07) is 35.3. The van der Waals surface area contributed by atoms with E-state index in [1.807, 2.05) is 36.4 Å². The van der Waals surface area contributed by atoms with Gasteiger partial charge in [0.05, 0.1) is 7.11 Å². The van der Waals surface area contributed by atoms with Gasteiger partial charge >= 0.3 is 0 Å². The van der Waals surface area contributed by atoms with Crippen molar-refractivity contribution in [2.24, 2.45) is 0 Å². The molecule has 4 rings (SSSR count). The highest BCUT2D eigenvalue weighted by Crippen LogP contribution is 2.33. The molecule has 0 radical (unpaired) electrons. The Morgan fingerprint density at radius 3 is 1.74 bits per heavy atom. The van der Waals surface area contributed by atoms with Gasteiger partial charge in [0.25, 0.3) is 0 Å². The first-order chi connectivity index (χ1) is 13.3. The van der Waals surface area contributed by atoms with Gasteiger partial charge in [0.2, 0.25) is 0 Å². The van der Waals surface area contributed by atoms with E-state index < -0.39 is 0 Å². The summed E-state index contributed by atoms with van der Waals surface area (Å²) in [6.45, 7) is 0. The third-order valence-corrected chi connectivity index (χ3v) is 4.56. The molecule has 1 N–H and O–H groups in total. The molecule has 0 fully saturated rings. The number of rotatable bonds is 5. The van der Waals surface area contributed by atoms with E-state index in [-0.39, 0.29) is 0 Å². The van der Waals surface area contributed by atoms with Gasteiger partial charge in [0, 0.05) is 16.9 Å². The van der Waals surface area contributed by atoms with E-state index in [0.717, 1.165) is 28.3 Å². The normalized spacial score (nSPS) is 10.4. The Morgan fingerprint density at radius 1 is 0.556 bits per heavy atom. The van der Waals surface area contributed by atoms with Gasteiger partial charge in [-0.15, -0.1) is 0 Å². The van der Waals surface area contributed by atoms with Crippen molar-refractivity contribution in [1.82, 2.24) is 0 Å². The van der Waals surface area contributed by atoms with Crippen molar-refractivity contribution in [3.63, 3.8) is 0 Å². The molecule has 0 heterocycles. The largest absolute Gasteiger partial charge is 0.496 e. The fourth-order valence-electron chi connectivity index (χ4n) is 3.17. The lowest BCUT2D eigenvalue weighted by Crippen LogP contribution is -1.93. The van der Waals surface area contributed by atoms with Crippen LogP contribution in [0.25, 0.3) is 22.3 Å². The Kier molecular flexibility index (Phi) is 4.88. The highest BCUT2D eigenvalue weighted by Gasteiger charge is 2.07. The summed E-state index contributed by atoms with van der Waals surface area (Å²) in [5, 5.41) is 3.49. The van der Waals surface area contributed by atoms with Gasteiger partial charge in [-0.25, -0.2) is 0 Å². The van der Waals surface area contributed by atoms with Crippen molar-refractivity contribution in [1.29, 1.82) is 0 Å². The standard InChI is InChI=1S/C25H21NO/c1-27-25-17-16-23(18-24(25)21-10-6-3-7-11-21)26-22-14-12-20(13-15-22)19-8-4-2-5-9-19/h2-18,26H,1H3. The van der Waals surface area contributed by atoms with Gasteiger partial charge in [0.1, 0.15) is 5.75 Å². The second-order valence-electron chi connectivity index (χ2n) is 6.35. The molecule has 0 amide bonds. The molecular formula is C25H21NO. The van der Waals surface area contributed by atoms with Crippen LogP contribution in [0.5, 0.6) is 5.75 Å². The minimum atomic E-state index is 0.867. The minimum Gasteiger partial charge on any atom is -0.496 e. The fraction of sp³-hybridized carbons (Fsp3) is 0.0400. The molecule has 0 bridgehead atoms. The van der Waals surface area contributed by atoms with Crippen LogP contribution >= 0.6 is 0 Å². The monoisotopic (exact) mass is 351 g/mol. The predicted molar refractivity (Wildman–Crippen MR) is 114 cm³/mol. The maximum Gasteiger partial charge on any atom is 0.126 e. The highest BCUT2D eigenvalue weighted by molar-refractivity contribution is 5.76. The molecule has 0 aliphatic carbocycles. The van der Waals surface area contributed by atoms with E-state index in [9.17, 15) is 0 Å². The van der Waals surface area contributed by atoms with Crippen LogP contribution in [0.3, 0.4) is 0 Å². The lowest BCUT2D eigenvalue weighted by molar-refractivity contribution is 0.416. The maximum absolute atomic E-state index is 5.54. The molecular weight excluding hydrogens is 330 g/mol. The SMILES string of the molecule is COc1ccc(Nc2ccc(-c3ccccc3)cc2)cc1-c1ccccc1. The molecule has 0 unspecified atom stereocenters. The first kappa shape index (κ1) is 16.9. The molecule has 0 aromatic heterocycles. The minimum absolute atomic E-state index is 0.867. The zero-order chi connectivity index (χ0) is 18.5. The highest BCUT2D eigenvalue weighted by atomic mass is 16.5. The topological polar surface area (TPSA) is 21.3 Å². The van der Waals surface area contributed by atoms with Gasteiger partial charge in [-0.3, -0.25) is 0 Å². The van der Waals surface area contributed by atoms with Crippen molar-refractivity contribution in [2.75, 3.05) is 12.4 Å². The van der Waals surface area contributed by atoms with Crippen molar-refractivity contribution in [3.8, 4) is 28.0 Å². The summed E-state index contributed by atoms with van der Waals surface area (Å²) in [4.78, 5) is 0. The molecule has 0 spiro atoms. The zero-order valence-corrected chi connectivity index (χ0v) is 15.2. The van der Waals surface area contributed by atoms with Gasteiger partial charge in [0.15, 0.2) is 0 Å². The Bertz CT molecular complexity index is 1010. The number of anilines is 2. The number of nitrogens with one attached hydrogen (secondary N) is 1. The molecule has 0 saturated heterocycles. The van der Waals surface area contributed by atoms with Crippen LogP contribution in [-0.2, 0) is 0 Å². The summed E-state index contributed by atoms with van der Waals surface area (Å²) >= 11 is 0. The molecule has 0 aliphatic heterocycles. The number of ether oxygens (including phenoxy) is 1. The molecule has 2 heteroatoms. The number of hydrogen-bond acceptors (Lipinski definition) is 2. The van der Waals surface area contributed by atoms with E-state index in [1.54, 1.807) is 7.11 Å². The van der Waals surface area contributed by atoms with Crippen LogP contribution < -0.4 is 10.1 Å². The third kappa shape index (κ3) is 3.85. The molecule has 0 atom stereocenters. The molecule has 0 saturated carbocycles. The Labute approximate surface area is 160 Å². The van der Waals surface area contributed by atoms with E-state index in [1.165, 1.54) is 11.1 Å². The van der Waals surface area contributed by atoms with E-state index in [0.29, 0.717) is 0 Å². The lowest BCUT2D eigenvalue weighted by atomic mass is 10.0. The van der Waals surface area contributed by atoms with Gasteiger partial charge in [-0.05, 0) is 47.0 Å². The van der Waals surface area contributed by atoms with Gasteiger partial charge in [-0.1, -0.05) is 72.8 Å². The van der Waals surface area contributed by atoms with E-state index in [2.05, 4.69) is 72.0 Å². The fourth-order valence-corrected chi connectivity index (χ4v) is 3.17. The molecule has 132 valence electrons. The summed E-state index contributed by atoms with van der Waals surface area (Å²) in [5.41, 5.74) is 6.73. The number of benzene rings is 4. The average molecular weight is 351 g/mol. The van der Waals surface area contributed by atoms with Crippen LogP contribution in [0.1, 0.15) is 0 Å². The first-order valence-corrected chi connectivity index (χ1v) is 8.99. The van der Waals surface area contributed by atoms with Gasteiger partial charge in [-0.2, -0.15) is 0 Å². The number of methoxy groups -OCH3 is 1. The van der Waals surface area contributed by atoms with Crippen LogP contribution in [0, 0.1) is 0 Å². The molecule has 2 nitrogen and oxygen atoms in total. The van der Waals surface area contributed by atoms with Crippen LogP contribution in [0.2, 0.25) is 0 Å². The molecule has 0 aliphatic rings. The second kappa shape index (κ2) is 7.79. The summed E-state index contributed by atoms with van der Waals surface area (Å²) in [7, 11) is 1.71. The third-order valence-electron chi connectivity index (χ3n) is 4.56. The predicted octanol–water partition coefficient (Wildman–Crippen LogP) is 6.77. The summed E-state index contributed by atoms with van der Waals surface area (Å²) < 4.78 is 5.54. The second-order valence-corrected chi connectivity index (χ2v) is 6.35. The van der Waals surface area contributed by atoms with E-state index >= 15 is 0 Å². The Hall–Kier alpha value is -3.52. The molecule has 4 aromatic rings. The quantitative estimate of drug-likeness (QED) is 0.428. The molecule has 4 aromatic carbocycles. The average Bonchev–Trinajstić information content (AvgIpc) is 2.75. The smallest absolute Gasteiger partial charge is 0.126 e. The van der Waals surface area contributed by atoms with Crippen molar-refractivity contribution >= 4 is 11.4 Å². The molecule has 27 heavy (non-hydrogen) atoms. The number of hydrogen-bond donors (Lipinski definition) is 1. The Morgan fingerprint density at radius 2 is 1.11 bits per heavy atom. The van der Waals surface area contributed by atoms with Crippen LogP contribution in [-0.4, -0.2) is 7.11 Å². The van der Waals surface area contributed by atoms with E-state index in [4.69, 9.17) is 4.74 Å². The Balaban J connectivity index is 1.59. The maximum atomic E-state index is 5.54. The van der Waals surface area contributed by atoms with Crippen LogP contribution in [0.15, 0.2) is 103 Å². The zero-order valence-electron chi connectivity index (χ0n) is 15.2. The van der Waals surface area contributed by atoms with Crippen LogP contribution in [0.4, 0.5) is 11.4 Å². The van der Waals surface area contributed by atoms with Crippen molar-refractivity contribution < 1.29 is 4.74 Å².